The first-order valence-corrected chi connectivity index (χ1v) is 4.23. The number of hydrogen-bond acceptors (Lipinski definition) is 3. The van der Waals surface area contributed by atoms with Crippen molar-refractivity contribution in [2.75, 3.05) is 26.3 Å². The summed E-state index contributed by atoms with van der Waals surface area (Å²) in [5, 5.41) is 9.00. The van der Waals surface area contributed by atoms with Crippen molar-refractivity contribution in [3.63, 3.8) is 0 Å². The lowest BCUT2D eigenvalue weighted by Crippen LogP contribution is -2.36. The van der Waals surface area contributed by atoms with Gasteiger partial charge in [-0.3, -0.25) is 9.59 Å². The van der Waals surface area contributed by atoms with Crippen LogP contribution in [0.2, 0.25) is 0 Å². The normalized spacial score (nSPS) is 33.2. The molecule has 0 aromatic rings. The summed E-state index contributed by atoms with van der Waals surface area (Å²) >= 11 is 0. The Bertz CT molecular complexity index is 263. The highest BCUT2D eigenvalue weighted by molar-refractivity contribution is 5.89. The molecule has 1 N–H and O–H groups in total. The van der Waals surface area contributed by atoms with E-state index in [2.05, 4.69) is 0 Å². The quantitative estimate of drug-likeness (QED) is 0.587. The fourth-order valence-electron chi connectivity index (χ4n) is 1.86. The predicted octanol–water partition coefficient (Wildman–Crippen LogP) is -0.680. The molecule has 2 rings (SSSR count). The third-order valence-corrected chi connectivity index (χ3v) is 2.67. The van der Waals surface area contributed by atoms with Crippen LogP contribution in [0.4, 0.5) is 0 Å². The number of carboxylic acid groups (broad SMARTS) is 1. The van der Waals surface area contributed by atoms with E-state index in [0.717, 1.165) is 0 Å². The van der Waals surface area contributed by atoms with Gasteiger partial charge in [-0.25, -0.2) is 0 Å². The molecule has 0 radical (unpaired) electrons. The van der Waals surface area contributed by atoms with Gasteiger partial charge in [0.15, 0.2) is 0 Å². The fourth-order valence-corrected chi connectivity index (χ4v) is 1.86. The second-order valence-corrected chi connectivity index (χ2v) is 3.63. The Labute approximate surface area is 75.3 Å². The Kier molecular flexibility index (Phi) is 1.76. The molecule has 0 aromatic carbocycles. The van der Waals surface area contributed by atoms with Crippen LogP contribution < -0.4 is 0 Å². The van der Waals surface area contributed by atoms with E-state index in [1.165, 1.54) is 0 Å². The summed E-state index contributed by atoms with van der Waals surface area (Å²) in [7, 11) is 0. The molecule has 1 atom stereocenters. The number of carbonyl (C=O) groups is 2. The second-order valence-electron chi connectivity index (χ2n) is 3.63. The van der Waals surface area contributed by atoms with Gasteiger partial charge in [0, 0.05) is 19.5 Å². The maximum Gasteiger partial charge on any atom is 0.314 e. The van der Waals surface area contributed by atoms with Crippen molar-refractivity contribution < 1.29 is 19.4 Å². The lowest BCUT2D eigenvalue weighted by Gasteiger charge is -2.19. The number of hydrogen-bond donors (Lipinski definition) is 1. The van der Waals surface area contributed by atoms with Crippen LogP contribution >= 0.6 is 0 Å². The standard InChI is InChI=1S/C8H11NO4/c10-6-3-8(7(11)12)4-9(6)1-2-13-5-8/h1-5H2,(H,11,12). The highest BCUT2D eigenvalue weighted by Crippen LogP contribution is 2.33. The third-order valence-electron chi connectivity index (χ3n) is 2.67. The predicted molar refractivity (Wildman–Crippen MR) is 42.1 cm³/mol. The van der Waals surface area contributed by atoms with Crippen molar-refractivity contribution in [3.05, 3.63) is 0 Å². The summed E-state index contributed by atoms with van der Waals surface area (Å²) in [4.78, 5) is 23.9. The van der Waals surface area contributed by atoms with Gasteiger partial charge >= 0.3 is 5.97 Å². The summed E-state index contributed by atoms with van der Waals surface area (Å²) in [6, 6.07) is 0. The molecule has 2 aliphatic rings. The Balaban J connectivity index is 2.28. The molecule has 5 heteroatoms. The highest BCUT2D eigenvalue weighted by Gasteiger charge is 2.50. The van der Waals surface area contributed by atoms with E-state index in [4.69, 9.17) is 9.84 Å². The van der Waals surface area contributed by atoms with E-state index in [9.17, 15) is 9.59 Å². The van der Waals surface area contributed by atoms with E-state index >= 15 is 0 Å². The molecule has 2 bridgehead atoms. The van der Waals surface area contributed by atoms with E-state index in [1.807, 2.05) is 0 Å². The number of amides is 1. The Hall–Kier alpha value is -1.10. The van der Waals surface area contributed by atoms with Crippen LogP contribution in [-0.4, -0.2) is 48.2 Å². The highest BCUT2D eigenvalue weighted by atomic mass is 16.5. The van der Waals surface area contributed by atoms with Crippen LogP contribution in [0, 0.1) is 5.41 Å². The van der Waals surface area contributed by atoms with Gasteiger partial charge in [0.25, 0.3) is 0 Å². The molecule has 0 aromatic heterocycles. The number of carbonyl (C=O) groups excluding carboxylic acids is 1. The largest absolute Gasteiger partial charge is 0.481 e. The zero-order valence-electron chi connectivity index (χ0n) is 7.15. The van der Waals surface area contributed by atoms with Gasteiger partial charge in [-0.1, -0.05) is 0 Å². The van der Waals surface area contributed by atoms with Crippen molar-refractivity contribution >= 4 is 11.9 Å². The Morgan fingerprint density at radius 1 is 1.62 bits per heavy atom. The zero-order valence-corrected chi connectivity index (χ0v) is 7.15. The van der Waals surface area contributed by atoms with Crippen LogP contribution in [0.15, 0.2) is 0 Å². The minimum atomic E-state index is -0.979. The van der Waals surface area contributed by atoms with E-state index in [1.54, 1.807) is 4.90 Å². The van der Waals surface area contributed by atoms with Crippen molar-refractivity contribution in [1.82, 2.24) is 4.90 Å². The van der Waals surface area contributed by atoms with Crippen LogP contribution in [0.3, 0.4) is 0 Å². The molecule has 0 saturated carbocycles. The molecule has 0 spiro atoms. The van der Waals surface area contributed by atoms with Gasteiger partial charge < -0.3 is 14.7 Å². The van der Waals surface area contributed by atoms with E-state index < -0.39 is 11.4 Å². The molecule has 2 heterocycles. The monoisotopic (exact) mass is 185 g/mol. The number of aliphatic carboxylic acids is 1. The number of carboxylic acids is 1. The van der Waals surface area contributed by atoms with E-state index in [-0.39, 0.29) is 18.9 Å². The number of ether oxygens (including phenoxy) is 1. The molecular formula is C8H11NO4. The van der Waals surface area contributed by atoms with Crippen molar-refractivity contribution in [1.29, 1.82) is 0 Å². The van der Waals surface area contributed by atoms with Crippen molar-refractivity contribution in [2.45, 2.75) is 6.42 Å². The number of nitrogens with zero attached hydrogens (tertiary/aromatic N) is 1. The average Bonchev–Trinajstić information content (AvgIpc) is 2.30. The minimum absolute atomic E-state index is 0.0642. The molecule has 0 aliphatic carbocycles. The lowest BCUT2D eigenvalue weighted by molar-refractivity contribution is -0.152. The molecule has 5 nitrogen and oxygen atoms in total. The molecule has 2 saturated heterocycles. The van der Waals surface area contributed by atoms with E-state index in [0.29, 0.717) is 19.7 Å². The molecule has 1 amide bonds. The van der Waals surface area contributed by atoms with Gasteiger partial charge in [-0.15, -0.1) is 0 Å². The Morgan fingerprint density at radius 3 is 3.08 bits per heavy atom. The fraction of sp³-hybridized carbons (Fsp3) is 0.750. The second kappa shape index (κ2) is 2.70. The van der Waals surface area contributed by atoms with Gasteiger partial charge in [0.1, 0.15) is 5.41 Å². The SMILES string of the molecule is O=C1CC2(C(=O)O)COCCN1C2. The lowest BCUT2D eigenvalue weighted by atomic mass is 9.88. The molecule has 2 aliphatic heterocycles. The first kappa shape index (κ1) is 8.50. The van der Waals surface area contributed by atoms with Gasteiger partial charge in [0.2, 0.25) is 5.91 Å². The van der Waals surface area contributed by atoms with Crippen LogP contribution in [0.25, 0.3) is 0 Å². The van der Waals surface area contributed by atoms with Gasteiger partial charge in [-0.05, 0) is 0 Å². The summed E-state index contributed by atoms with van der Waals surface area (Å²) in [5.41, 5.74) is -0.979. The smallest absolute Gasteiger partial charge is 0.314 e. The zero-order chi connectivity index (χ0) is 9.47. The summed E-state index contributed by atoms with van der Waals surface area (Å²) < 4.78 is 5.17. The van der Waals surface area contributed by atoms with Crippen LogP contribution in [0.1, 0.15) is 6.42 Å². The first-order valence-electron chi connectivity index (χ1n) is 4.23. The first-order chi connectivity index (χ1) is 6.14. The van der Waals surface area contributed by atoms with Crippen LogP contribution in [-0.2, 0) is 14.3 Å². The van der Waals surface area contributed by atoms with Gasteiger partial charge in [-0.2, -0.15) is 0 Å². The topological polar surface area (TPSA) is 66.8 Å². The minimum Gasteiger partial charge on any atom is -0.481 e. The summed E-state index contributed by atoms with van der Waals surface area (Å²) in [6.45, 7) is 1.43. The maximum absolute atomic E-state index is 11.3. The van der Waals surface area contributed by atoms with Crippen molar-refractivity contribution in [3.8, 4) is 0 Å². The Morgan fingerprint density at radius 2 is 2.38 bits per heavy atom. The molecule has 2 fully saturated rings. The summed E-state index contributed by atoms with van der Waals surface area (Å²) in [5.74, 6) is -0.990. The molecule has 1 unspecified atom stereocenters. The van der Waals surface area contributed by atoms with Crippen molar-refractivity contribution in [2.24, 2.45) is 5.41 Å². The molecule has 72 valence electrons. The van der Waals surface area contributed by atoms with Gasteiger partial charge in [0.05, 0.1) is 13.2 Å². The number of fused-ring (bicyclic) bond motifs is 2. The molecule has 13 heavy (non-hydrogen) atoms. The summed E-state index contributed by atoms with van der Waals surface area (Å²) in [6.07, 6.45) is 0.0856. The molecular weight excluding hydrogens is 174 g/mol. The average molecular weight is 185 g/mol. The third kappa shape index (κ3) is 1.19. The maximum atomic E-state index is 11.3. The number of rotatable bonds is 1. The van der Waals surface area contributed by atoms with Crippen LogP contribution in [0.5, 0.6) is 0 Å².